The summed E-state index contributed by atoms with van der Waals surface area (Å²) in [5.74, 6) is -1.33. The summed E-state index contributed by atoms with van der Waals surface area (Å²) in [5, 5.41) is 22.0. The van der Waals surface area contributed by atoms with Crippen molar-refractivity contribution in [3.63, 3.8) is 0 Å². The fourth-order valence-corrected chi connectivity index (χ4v) is 1.95. The first-order valence-corrected chi connectivity index (χ1v) is 5.58. The molecule has 0 atom stereocenters. The average molecular weight is 253 g/mol. The number of carbonyl (C=O) groups is 2. The predicted octanol–water partition coefficient (Wildman–Crippen LogP) is 0.575. The van der Waals surface area contributed by atoms with E-state index in [0.717, 1.165) is 0 Å². The summed E-state index contributed by atoms with van der Waals surface area (Å²) >= 11 is 1.25. The number of carbonyl (C=O) groups excluding carboxylic acids is 1. The maximum absolute atomic E-state index is 11.5. The van der Waals surface area contributed by atoms with E-state index in [4.69, 9.17) is 10.4 Å². The van der Waals surface area contributed by atoms with Crippen molar-refractivity contribution in [2.45, 2.75) is 0 Å². The molecule has 0 fully saturated rings. The second-order valence-corrected chi connectivity index (χ2v) is 4.31. The monoisotopic (exact) mass is 253 g/mol. The Bertz CT molecular complexity index is 464. The first-order chi connectivity index (χ1) is 8.02. The van der Waals surface area contributed by atoms with Gasteiger partial charge in [0.05, 0.1) is 18.7 Å². The fraction of sp³-hybridized carbons (Fsp3) is 0.300. The molecule has 6 nitrogen and oxygen atoms in total. The minimum absolute atomic E-state index is 0.0327. The van der Waals surface area contributed by atoms with Crippen molar-refractivity contribution in [3.8, 4) is 6.07 Å². The maximum Gasteiger partial charge on any atom is 0.317 e. The van der Waals surface area contributed by atoms with Gasteiger partial charge < -0.3 is 10.4 Å². The number of likely N-dealkylation sites (N-methyl/N-ethyl adjacent to an activating group) is 1. The molecule has 0 unspecified atom stereocenters. The highest BCUT2D eigenvalue weighted by atomic mass is 32.1. The summed E-state index contributed by atoms with van der Waals surface area (Å²) in [6, 6.07) is 3.57. The van der Waals surface area contributed by atoms with E-state index in [1.165, 1.54) is 23.3 Å². The number of carboxylic acids is 1. The van der Waals surface area contributed by atoms with E-state index in [-0.39, 0.29) is 19.0 Å². The van der Waals surface area contributed by atoms with E-state index in [9.17, 15) is 9.59 Å². The molecule has 0 saturated carbocycles. The molecule has 0 spiro atoms. The van der Waals surface area contributed by atoms with Crippen LogP contribution in [0.4, 0.5) is 5.00 Å². The molecule has 90 valence electrons. The minimum Gasteiger partial charge on any atom is -0.480 e. The third kappa shape index (κ3) is 4.22. The molecular formula is C10H11N3O3S. The van der Waals surface area contributed by atoms with Crippen molar-refractivity contribution in [2.75, 3.05) is 25.5 Å². The van der Waals surface area contributed by atoms with Gasteiger partial charge in [0.1, 0.15) is 11.1 Å². The molecule has 2 N–H and O–H groups in total. The van der Waals surface area contributed by atoms with Gasteiger partial charge >= 0.3 is 5.97 Å². The van der Waals surface area contributed by atoms with E-state index in [2.05, 4.69) is 5.32 Å². The molecule has 0 aliphatic heterocycles. The number of nitrogens with zero attached hydrogens (tertiary/aromatic N) is 2. The van der Waals surface area contributed by atoms with Crippen LogP contribution in [-0.2, 0) is 9.59 Å². The lowest BCUT2D eigenvalue weighted by molar-refractivity contribution is -0.138. The first-order valence-electron chi connectivity index (χ1n) is 4.70. The Balaban J connectivity index is 2.51. The fourth-order valence-electron chi connectivity index (χ4n) is 1.19. The maximum atomic E-state index is 11.5. The van der Waals surface area contributed by atoms with Crippen molar-refractivity contribution in [1.29, 1.82) is 5.26 Å². The van der Waals surface area contributed by atoms with Gasteiger partial charge in [0, 0.05) is 0 Å². The van der Waals surface area contributed by atoms with Gasteiger partial charge in [-0.3, -0.25) is 14.5 Å². The number of amides is 1. The molecule has 1 aromatic rings. The van der Waals surface area contributed by atoms with Gasteiger partial charge in [-0.2, -0.15) is 5.26 Å². The smallest absolute Gasteiger partial charge is 0.317 e. The SMILES string of the molecule is CN(CC(=O)O)CC(=O)Nc1sccc1C#N. The summed E-state index contributed by atoms with van der Waals surface area (Å²) in [6.45, 7) is -0.238. The van der Waals surface area contributed by atoms with Gasteiger partial charge in [-0.1, -0.05) is 0 Å². The quantitative estimate of drug-likeness (QED) is 0.800. The van der Waals surface area contributed by atoms with Crippen LogP contribution in [0, 0.1) is 11.3 Å². The van der Waals surface area contributed by atoms with Crippen LogP contribution in [0.3, 0.4) is 0 Å². The van der Waals surface area contributed by atoms with Gasteiger partial charge in [-0.05, 0) is 18.5 Å². The van der Waals surface area contributed by atoms with Crippen molar-refractivity contribution in [3.05, 3.63) is 17.0 Å². The minimum atomic E-state index is -0.992. The third-order valence-electron chi connectivity index (χ3n) is 1.86. The molecule has 1 heterocycles. The molecule has 0 bridgehead atoms. The number of hydrogen-bond acceptors (Lipinski definition) is 5. The molecule has 0 aromatic carbocycles. The number of carboxylic acid groups (broad SMARTS) is 1. The molecule has 0 aliphatic rings. The molecule has 0 radical (unpaired) electrons. The summed E-state index contributed by atoms with van der Waals surface area (Å²) in [4.78, 5) is 23.3. The van der Waals surface area contributed by atoms with Gasteiger partial charge in [0.25, 0.3) is 0 Å². The number of rotatable bonds is 5. The van der Waals surface area contributed by atoms with Crippen molar-refractivity contribution in [1.82, 2.24) is 4.90 Å². The van der Waals surface area contributed by atoms with Crippen LogP contribution < -0.4 is 5.32 Å². The number of thiophene rings is 1. The van der Waals surface area contributed by atoms with Gasteiger partial charge in [0.2, 0.25) is 5.91 Å². The van der Waals surface area contributed by atoms with Crippen LogP contribution in [0.15, 0.2) is 11.4 Å². The van der Waals surface area contributed by atoms with E-state index < -0.39 is 5.97 Å². The molecule has 1 amide bonds. The lowest BCUT2D eigenvalue weighted by Crippen LogP contribution is -2.33. The Kier molecular flexibility index (Phi) is 4.63. The van der Waals surface area contributed by atoms with Crippen LogP contribution in [0.5, 0.6) is 0 Å². The van der Waals surface area contributed by atoms with Gasteiger partial charge in [-0.25, -0.2) is 0 Å². The van der Waals surface area contributed by atoms with Crippen LogP contribution in [0.2, 0.25) is 0 Å². The lowest BCUT2D eigenvalue weighted by atomic mass is 10.3. The van der Waals surface area contributed by atoms with Gasteiger partial charge in [0.15, 0.2) is 0 Å². The molecule has 0 aliphatic carbocycles. The average Bonchev–Trinajstić information content (AvgIpc) is 2.63. The van der Waals surface area contributed by atoms with Crippen LogP contribution in [-0.4, -0.2) is 42.0 Å². The topological polar surface area (TPSA) is 93.4 Å². The Hall–Kier alpha value is -1.91. The molecule has 7 heteroatoms. The summed E-state index contributed by atoms with van der Waals surface area (Å²) in [7, 11) is 1.54. The highest BCUT2D eigenvalue weighted by Gasteiger charge is 2.12. The van der Waals surface area contributed by atoms with Crippen molar-refractivity contribution >= 4 is 28.2 Å². The molecule has 17 heavy (non-hydrogen) atoms. The zero-order valence-electron chi connectivity index (χ0n) is 9.14. The van der Waals surface area contributed by atoms with E-state index in [1.807, 2.05) is 6.07 Å². The summed E-state index contributed by atoms with van der Waals surface area (Å²) in [6.07, 6.45) is 0. The van der Waals surface area contributed by atoms with E-state index >= 15 is 0 Å². The molecule has 0 saturated heterocycles. The first kappa shape index (κ1) is 13.2. The van der Waals surface area contributed by atoms with Gasteiger partial charge in [-0.15, -0.1) is 11.3 Å². The Morgan fingerprint density at radius 2 is 2.29 bits per heavy atom. The second kappa shape index (κ2) is 5.98. The third-order valence-corrected chi connectivity index (χ3v) is 2.69. The highest BCUT2D eigenvalue weighted by molar-refractivity contribution is 7.14. The standard InChI is InChI=1S/C10H11N3O3S/c1-13(6-9(15)16)5-8(14)12-10-7(4-11)2-3-17-10/h2-3H,5-6H2,1H3,(H,12,14)(H,15,16). The lowest BCUT2D eigenvalue weighted by Gasteiger charge is -2.12. The number of anilines is 1. The van der Waals surface area contributed by atoms with E-state index in [1.54, 1.807) is 11.4 Å². The Morgan fingerprint density at radius 1 is 1.59 bits per heavy atom. The largest absolute Gasteiger partial charge is 0.480 e. The zero-order chi connectivity index (χ0) is 12.8. The normalized spacial score (nSPS) is 9.94. The number of nitrogens with one attached hydrogen (secondary N) is 1. The van der Waals surface area contributed by atoms with E-state index in [0.29, 0.717) is 10.6 Å². The zero-order valence-corrected chi connectivity index (χ0v) is 9.95. The summed E-state index contributed by atoms with van der Waals surface area (Å²) < 4.78 is 0. The molecule has 1 aromatic heterocycles. The number of hydrogen-bond donors (Lipinski definition) is 2. The Morgan fingerprint density at radius 3 is 2.88 bits per heavy atom. The molecule has 1 rings (SSSR count). The highest BCUT2D eigenvalue weighted by Crippen LogP contribution is 2.21. The number of nitriles is 1. The predicted molar refractivity (Wildman–Crippen MR) is 62.8 cm³/mol. The van der Waals surface area contributed by atoms with Crippen LogP contribution in [0.25, 0.3) is 0 Å². The summed E-state index contributed by atoms with van der Waals surface area (Å²) in [5.41, 5.74) is 0.407. The molecular weight excluding hydrogens is 242 g/mol. The van der Waals surface area contributed by atoms with Crippen LogP contribution >= 0.6 is 11.3 Å². The Labute approximate surface area is 102 Å². The van der Waals surface area contributed by atoms with Crippen molar-refractivity contribution in [2.24, 2.45) is 0 Å². The number of aliphatic carboxylic acids is 1. The van der Waals surface area contributed by atoms with Crippen molar-refractivity contribution < 1.29 is 14.7 Å². The van der Waals surface area contributed by atoms with Crippen LogP contribution in [0.1, 0.15) is 5.56 Å². The second-order valence-electron chi connectivity index (χ2n) is 3.39.